The Morgan fingerprint density at radius 1 is 1.16 bits per heavy atom. The molecule has 0 aliphatic rings. The second kappa shape index (κ2) is 8.22. The van der Waals surface area contributed by atoms with Gasteiger partial charge >= 0.3 is 0 Å². The predicted molar refractivity (Wildman–Crippen MR) is 99.4 cm³/mol. The van der Waals surface area contributed by atoms with Crippen LogP contribution in [0, 0.1) is 6.92 Å². The van der Waals surface area contributed by atoms with E-state index in [1.54, 1.807) is 24.3 Å². The lowest BCUT2D eigenvalue weighted by Gasteiger charge is -2.15. The van der Waals surface area contributed by atoms with Crippen LogP contribution >= 0.6 is 0 Å². The van der Waals surface area contributed by atoms with Crippen molar-refractivity contribution in [1.82, 2.24) is 9.88 Å². The Kier molecular flexibility index (Phi) is 6.27. The second-order valence-corrected chi connectivity index (χ2v) is 7.88. The average Bonchev–Trinajstić information content (AvgIpc) is 2.52. The van der Waals surface area contributed by atoms with E-state index in [2.05, 4.69) is 9.71 Å². The minimum Gasteiger partial charge on any atom is -0.299 e. The Balaban J connectivity index is 1.88. The predicted octanol–water partition coefficient (Wildman–Crippen LogP) is 2.12. The highest BCUT2D eigenvalue weighted by Gasteiger charge is 2.10. The van der Waals surface area contributed by atoms with E-state index >= 15 is 0 Å². The minimum atomic E-state index is -3.32. The van der Waals surface area contributed by atoms with E-state index in [9.17, 15) is 13.2 Å². The van der Waals surface area contributed by atoms with E-state index in [-0.39, 0.29) is 5.78 Å². The molecule has 2 rings (SSSR count). The molecule has 6 nitrogen and oxygen atoms in total. The quantitative estimate of drug-likeness (QED) is 0.729. The molecule has 1 aromatic heterocycles. The first-order valence-electron chi connectivity index (χ1n) is 7.95. The zero-order valence-corrected chi connectivity index (χ0v) is 15.5. The number of carbonyl (C=O) groups is 1. The van der Waals surface area contributed by atoms with Crippen LogP contribution in [0.4, 0.5) is 5.69 Å². The molecule has 0 spiro atoms. The number of nitrogens with one attached hydrogen (secondary N) is 1. The molecule has 0 amide bonds. The van der Waals surface area contributed by atoms with Gasteiger partial charge in [-0.2, -0.15) is 0 Å². The number of carbonyl (C=O) groups excluding carboxylic acids is 1. The summed E-state index contributed by atoms with van der Waals surface area (Å²) in [6.45, 7) is 2.99. The van der Waals surface area contributed by atoms with Crippen LogP contribution in [0.15, 0.2) is 42.5 Å². The van der Waals surface area contributed by atoms with E-state index in [0.29, 0.717) is 17.8 Å². The van der Waals surface area contributed by atoms with E-state index in [0.717, 1.165) is 30.6 Å². The van der Waals surface area contributed by atoms with Crippen molar-refractivity contribution >= 4 is 21.5 Å². The highest BCUT2D eigenvalue weighted by molar-refractivity contribution is 7.92. The van der Waals surface area contributed by atoms with Gasteiger partial charge in [-0.05, 0) is 50.4 Å². The topological polar surface area (TPSA) is 79.4 Å². The average molecular weight is 361 g/mol. The molecule has 7 heteroatoms. The summed E-state index contributed by atoms with van der Waals surface area (Å²) >= 11 is 0. The molecule has 0 bridgehead atoms. The third kappa shape index (κ3) is 6.64. The lowest BCUT2D eigenvalue weighted by Crippen LogP contribution is -2.28. The summed E-state index contributed by atoms with van der Waals surface area (Å²) in [5, 5.41) is 0. The summed E-state index contributed by atoms with van der Waals surface area (Å²) in [7, 11) is -1.42. The van der Waals surface area contributed by atoms with E-state index in [1.165, 1.54) is 0 Å². The number of rotatable bonds is 8. The third-order valence-electron chi connectivity index (χ3n) is 3.62. The van der Waals surface area contributed by atoms with Crippen LogP contribution in [0.5, 0.6) is 0 Å². The lowest BCUT2D eigenvalue weighted by atomic mass is 10.1. The Hall–Kier alpha value is -2.25. The van der Waals surface area contributed by atoms with Crippen LogP contribution in [0.2, 0.25) is 0 Å². The Morgan fingerprint density at radius 3 is 2.44 bits per heavy atom. The van der Waals surface area contributed by atoms with Gasteiger partial charge in [0.15, 0.2) is 5.78 Å². The first-order valence-corrected chi connectivity index (χ1v) is 9.84. The first kappa shape index (κ1) is 19.1. The largest absolute Gasteiger partial charge is 0.299 e. The number of hydrogen-bond acceptors (Lipinski definition) is 5. The molecule has 134 valence electrons. The number of aryl methyl sites for hydroxylation is 1. The van der Waals surface area contributed by atoms with Crippen LogP contribution in [-0.4, -0.2) is 50.5 Å². The highest BCUT2D eigenvalue weighted by atomic mass is 32.2. The van der Waals surface area contributed by atoms with Crippen LogP contribution in [-0.2, 0) is 16.4 Å². The van der Waals surface area contributed by atoms with Crippen molar-refractivity contribution in [2.75, 3.05) is 31.1 Å². The smallest absolute Gasteiger partial charge is 0.229 e. The monoisotopic (exact) mass is 361 g/mol. The highest BCUT2D eigenvalue weighted by Crippen LogP contribution is 2.12. The standard InChI is InChI=1S/C18H23N3O3S/c1-14-5-4-6-16(19-14)11-12-21(2)13-18(22)15-7-9-17(10-8-15)20-25(3,23)24/h4-10,20H,11-13H2,1-3H3. The zero-order chi connectivity index (χ0) is 18.4. The van der Waals surface area contributed by atoms with Gasteiger partial charge in [-0.25, -0.2) is 8.42 Å². The number of nitrogens with zero attached hydrogens (tertiary/aromatic N) is 2. The number of hydrogen-bond donors (Lipinski definition) is 1. The maximum atomic E-state index is 12.3. The number of ketones is 1. The summed E-state index contributed by atoms with van der Waals surface area (Å²) < 4.78 is 24.7. The van der Waals surface area contributed by atoms with Crippen molar-refractivity contribution in [1.29, 1.82) is 0 Å². The number of likely N-dealkylation sites (N-methyl/N-ethyl adjacent to an activating group) is 1. The molecule has 2 aromatic rings. The number of aromatic nitrogens is 1. The fraction of sp³-hybridized carbons (Fsp3) is 0.333. The van der Waals surface area contributed by atoms with Gasteiger partial charge in [-0.15, -0.1) is 0 Å². The van der Waals surface area contributed by atoms with Crippen LogP contribution in [0.25, 0.3) is 0 Å². The molecule has 0 saturated heterocycles. The van der Waals surface area contributed by atoms with Crippen molar-refractivity contribution < 1.29 is 13.2 Å². The van der Waals surface area contributed by atoms with Gasteiger partial charge in [0, 0.05) is 35.6 Å². The summed E-state index contributed by atoms with van der Waals surface area (Å²) in [5.74, 6) is -0.00870. The number of anilines is 1. The molecular weight excluding hydrogens is 338 g/mol. The van der Waals surface area contributed by atoms with Gasteiger partial charge in [-0.1, -0.05) is 6.07 Å². The normalized spacial score (nSPS) is 11.5. The van der Waals surface area contributed by atoms with Crippen molar-refractivity contribution in [2.45, 2.75) is 13.3 Å². The van der Waals surface area contributed by atoms with Gasteiger partial charge in [0.25, 0.3) is 0 Å². The Bertz CT molecular complexity index is 833. The number of pyridine rings is 1. The fourth-order valence-electron chi connectivity index (χ4n) is 2.40. The Labute approximate surface area is 148 Å². The third-order valence-corrected chi connectivity index (χ3v) is 4.23. The Morgan fingerprint density at radius 2 is 1.84 bits per heavy atom. The summed E-state index contributed by atoms with van der Waals surface area (Å²) in [5.41, 5.74) is 2.99. The number of sulfonamides is 1. The number of benzene rings is 1. The molecule has 25 heavy (non-hydrogen) atoms. The lowest BCUT2D eigenvalue weighted by molar-refractivity contribution is 0.0946. The number of Topliss-reactive ketones (excluding diaryl/α,β-unsaturated/α-hetero) is 1. The summed E-state index contributed by atoms with van der Waals surface area (Å²) in [6.07, 6.45) is 1.87. The van der Waals surface area contributed by atoms with Crippen molar-refractivity contribution in [3.63, 3.8) is 0 Å². The van der Waals surface area contributed by atoms with Gasteiger partial charge in [-0.3, -0.25) is 19.4 Å². The van der Waals surface area contributed by atoms with Crippen LogP contribution < -0.4 is 4.72 Å². The molecule has 0 fully saturated rings. The van der Waals surface area contributed by atoms with Crippen LogP contribution in [0.1, 0.15) is 21.7 Å². The maximum absolute atomic E-state index is 12.3. The maximum Gasteiger partial charge on any atom is 0.229 e. The van der Waals surface area contributed by atoms with E-state index in [4.69, 9.17) is 0 Å². The fourth-order valence-corrected chi connectivity index (χ4v) is 2.96. The van der Waals surface area contributed by atoms with Crippen molar-refractivity contribution in [3.05, 3.63) is 59.4 Å². The van der Waals surface area contributed by atoms with Crippen LogP contribution in [0.3, 0.4) is 0 Å². The molecule has 1 aromatic carbocycles. The second-order valence-electron chi connectivity index (χ2n) is 6.13. The van der Waals surface area contributed by atoms with Gasteiger partial charge < -0.3 is 0 Å². The molecule has 1 heterocycles. The molecular formula is C18H23N3O3S. The summed E-state index contributed by atoms with van der Waals surface area (Å²) in [6, 6.07) is 12.4. The molecule has 0 atom stereocenters. The molecule has 0 saturated carbocycles. The zero-order valence-electron chi connectivity index (χ0n) is 14.7. The van der Waals surface area contributed by atoms with Crippen molar-refractivity contribution in [3.8, 4) is 0 Å². The van der Waals surface area contributed by atoms with E-state index < -0.39 is 10.0 Å². The molecule has 0 unspecified atom stereocenters. The van der Waals surface area contributed by atoms with E-state index in [1.807, 2.05) is 37.1 Å². The molecule has 0 radical (unpaired) electrons. The van der Waals surface area contributed by atoms with Gasteiger partial charge in [0.2, 0.25) is 10.0 Å². The first-order chi connectivity index (χ1) is 11.7. The van der Waals surface area contributed by atoms with Crippen molar-refractivity contribution in [2.24, 2.45) is 0 Å². The van der Waals surface area contributed by atoms with Gasteiger partial charge in [0.05, 0.1) is 12.8 Å². The molecule has 1 N–H and O–H groups in total. The molecule has 0 aliphatic heterocycles. The minimum absolute atomic E-state index is 0.00870. The summed E-state index contributed by atoms with van der Waals surface area (Å²) in [4.78, 5) is 18.7. The molecule has 0 aliphatic carbocycles. The van der Waals surface area contributed by atoms with Gasteiger partial charge in [0.1, 0.15) is 0 Å². The SMILES string of the molecule is Cc1cccc(CCN(C)CC(=O)c2ccc(NS(C)(=O)=O)cc2)n1.